The van der Waals surface area contributed by atoms with Gasteiger partial charge in [0, 0.05) is 11.6 Å². The summed E-state index contributed by atoms with van der Waals surface area (Å²) in [7, 11) is 0. The van der Waals surface area contributed by atoms with Crippen molar-refractivity contribution in [3.63, 3.8) is 0 Å². The van der Waals surface area contributed by atoms with Crippen LogP contribution < -0.4 is 10.5 Å². The molecule has 0 bridgehead atoms. The van der Waals surface area contributed by atoms with Crippen LogP contribution in [0.25, 0.3) is 0 Å². The Balaban J connectivity index is 2.25. The molecule has 1 atom stereocenters. The summed E-state index contributed by atoms with van der Waals surface area (Å²) in [6.45, 7) is 3.95. The zero-order chi connectivity index (χ0) is 14.5. The van der Waals surface area contributed by atoms with E-state index in [1.165, 1.54) is 11.6 Å². The summed E-state index contributed by atoms with van der Waals surface area (Å²) in [5.74, 6) is 0.444. The zero-order valence-corrected chi connectivity index (χ0v) is 11.9. The molecule has 20 heavy (non-hydrogen) atoms. The van der Waals surface area contributed by atoms with Gasteiger partial charge in [-0.3, -0.25) is 0 Å². The molecule has 0 amide bonds. The maximum absolute atomic E-state index is 13.9. The Bertz CT molecular complexity index is 564. The average molecular weight is 273 g/mol. The van der Waals surface area contributed by atoms with Crippen LogP contribution >= 0.6 is 0 Å². The lowest BCUT2D eigenvalue weighted by molar-refractivity contribution is 0.432. The number of nitrogens with two attached hydrogens (primary N) is 1. The molecule has 0 fully saturated rings. The topological polar surface area (TPSA) is 35.2 Å². The molecule has 0 aliphatic carbocycles. The molecule has 0 radical (unpaired) electrons. The van der Waals surface area contributed by atoms with E-state index in [9.17, 15) is 4.39 Å². The molecule has 106 valence electrons. The third-order valence-electron chi connectivity index (χ3n) is 3.17. The van der Waals surface area contributed by atoms with Crippen LogP contribution in [0, 0.1) is 5.82 Å². The Labute approximate surface area is 119 Å². The van der Waals surface area contributed by atoms with Crippen molar-refractivity contribution in [3.8, 4) is 11.5 Å². The SMILES string of the molecule is CCCc1ccc(Oc2c(F)cccc2[C@@H](C)N)cc1. The van der Waals surface area contributed by atoms with Gasteiger partial charge in [-0.25, -0.2) is 4.39 Å². The van der Waals surface area contributed by atoms with Crippen molar-refractivity contribution in [2.75, 3.05) is 0 Å². The summed E-state index contributed by atoms with van der Waals surface area (Å²) in [6.07, 6.45) is 2.13. The van der Waals surface area contributed by atoms with Gasteiger partial charge in [0.15, 0.2) is 11.6 Å². The average Bonchev–Trinajstić information content (AvgIpc) is 2.43. The van der Waals surface area contributed by atoms with Crippen LogP contribution in [-0.2, 0) is 6.42 Å². The van der Waals surface area contributed by atoms with Crippen molar-refractivity contribution >= 4 is 0 Å². The van der Waals surface area contributed by atoms with Crippen molar-refractivity contribution in [1.29, 1.82) is 0 Å². The van der Waals surface area contributed by atoms with Crippen molar-refractivity contribution in [3.05, 3.63) is 59.4 Å². The minimum atomic E-state index is -0.391. The lowest BCUT2D eigenvalue weighted by Gasteiger charge is -2.14. The van der Waals surface area contributed by atoms with Crippen LogP contribution in [-0.4, -0.2) is 0 Å². The Hall–Kier alpha value is -1.87. The number of benzene rings is 2. The second-order valence-corrected chi connectivity index (χ2v) is 4.94. The van der Waals surface area contributed by atoms with Crippen LogP contribution in [0.4, 0.5) is 4.39 Å². The Morgan fingerprint density at radius 3 is 2.45 bits per heavy atom. The number of ether oxygens (including phenoxy) is 1. The van der Waals surface area contributed by atoms with Crippen LogP contribution in [0.2, 0.25) is 0 Å². The molecule has 0 unspecified atom stereocenters. The van der Waals surface area contributed by atoms with Crippen molar-refractivity contribution in [1.82, 2.24) is 0 Å². The monoisotopic (exact) mass is 273 g/mol. The van der Waals surface area contributed by atoms with Gasteiger partial charge in [0.05, 0.1) is 0 Å². The first kappa shape index (κ1) is 14.5. The van der Waals surface area contributed by atoms with Crippen LogP contribution in [0.3, 0.4) is 0 Å². The van der Waals surface area contributed by atoms with E-state index in [4.69, 9.17) is 10.5 Å². The van der Waals surface area contributed by atoms with E-state index in [2.05, 4.69) is 6.92 Å². The van der Waals surface area contributed by atoms with Crippen molar-refractivity contribution < 1.29 is 9.13 Å². The molecule has 0 aromatic heterocycles. The fraction of sp³-hybridized carbons (Fsp3) is 0.294. The standard InChI is InChI=1S/C17H20FNO/c1-3-5-13-8-10-14(11-9-13)20-17-15(12(2)19)6-4-7-16(17)18/h4,6-12H,3,5,19H2,1-2H3/t12-/m1/s1. The summed E-state index contributed by atoms with van der Waals surface area (Å²) in [5.41, 5.74) is 7.77. The van der Waals surface area contributed by atoms with Crippen molar-refractivity contribution in [2.45, 2.75) is 32.7 Å². The molecule has 0 aliphatic heterocycles. The molecular formula is C17H20FNO. The molecule has 0 saturated heterocycles. The molecule has 2 nitrogen and oxygen atoms in total. The number of halogens is 1. The summed E-state index contributed by atoms with van der Waals surface area (Å²) in [6, 6.07) is 12.3. The molecule has 2 aromatic rings. The quantitative estimate of drug-likeness (QED) is 0.864. The number of aryl methyl sites for hydroxylation is 1. The second kappa shape index (κ2) is 6.53. The first-order valence-corrected chi connectivity index (χ1v) is 6.92. The third-order valence-corrected chi connectivity index (χ3v) is 3.17. The maximum Gasteiger partial charge on any atom is 0.167 e. The van der Waals surface area contributed by atoms with E-state index in [0.29, 0.717) is 11.3 Å². The van der Waals surface area contributed by atoms with E-state index >= 15 is 0 Å². The molecule has 2 aromatic carbocycles. The third kappa shape index (κ3) is 3.36. The second-order valence-electron chi connectivity index (χ2n) is 4.94. The number of rotatable bonds is 5. The van der Waals surface area contributed by atoms with Crippen LogP contribution in [0.15, 0.2) is 42.5 Å². The summed E-state index contributed by atoms with van der Waals surface area (Å²) in [5, 5.41) is 0. The molecule has 2 N–H and O–H groups in total. The Morgan fingerprint density at radius 2 is 1.85 bits per heavy atom. The van der Waals surface area contributed by atoms with Gasteiger partial charge < -0.3 is 10.5 Å². The van der Waals surface area contributed by atoms with E-state index in [1.807, 2.05) is 31.2 Å². The molecule has 0 saturated carbocycles. The van der Waals surface area contributed by atoms with E-state index in [1.54, 1.807) is 12.1 Å². The highest BCUT2D eigenvalue weighted by atomic mass is 19.1. The molecule has 3 heteroatoms. The molecular weight excluding hydrogens is 253 g/mol. The lowest BCUT2D eigenvalue weighted by atomic mass is 10.1. The molecule has 0 spiro atoms. The van der Waals surface area contributed by atoms with Crippen LogP contribution in [0.5, 0.6) is 11.5 Å². The van der Waals surface area contributed by atoms with Crippen molar-refractivity contribution in [2.24, 2.45) is 5.73 Å². The van der Waals surface area contributed by atoms with Gasteiger partial charge in [0.1, 0.15) is 5.75 Å². The summed E-state index contributed by atoms with van der Waals surface area (Å²) in [4.78, 5) is 0. The maximum atomic E-state index is 13.9. The van der Waals surface area contributed by atoms with Gasteiger partial charge in [-0.1, -0.05) is 37.6 Å². The summed E-state index contributed by atoms with van der Waals surface area (Å²) < 4.78 is 19.6. The molecule has 0 heterocycles. The fourth-order valence-electron chi connectivity index (χ4n) is 2.12. The summed E-state index contributed by atoms with van der Waals surface area (Å²) >= 11 is 0. The zero-order valence-electron chi connectivity index (χ0n) is 11.9. The Kier molecular flexibility index (Phi) is 4.74. The van der Waals surface area contributed by atoms with E-state index < -0.39 is 5.82 Å². The van der Waals surface area contributed by atoms with Gasteiger partial charge in [-0.05, 0) is 37.1 Å². The first-order chi connectivity index (χ1) is 9.61. The van der Waals surface area contributed by atoms with Gasteiger partial charge in [-0.15, -0.1) is 0 Å². The highest BCUT2D eigenvalue weighted by Gasteiger charge is 2.13. The number of para-hydroxylation sites is 1. The Morgan fingerprint density at radius 1 is 1.15 bits per heavy atom. The normalized spacial score (nSPS) is 12.2. The lowest BCUT2D eigenvalue weighted by Crippen LogP contribution is -2.07. The predicted molar refractivity (Wildman–Crippen MR) is 79.5 cm³/mol. The molecule has 0 aliphatic rings. The molecule has 2 rings (SSSR count). The largest absolute Gasteiger partial charge is 0.454 e. The highest BCUT2D eigenvalue weighted by Crippen LogP contribution is 2.31. The van der Waals surface area contributed by atoms with Gasteiger partial charge in [-0.2, -0.15) is 0 Å². The minimum absolute atomic E-state index is 0.214. The fourth-order valence-corrected chi connectivity index (χ4v) is 2.12. The highest BCUT2D eigenvalue weighted by molar-refractivity contribution is 5.41. The van der Waals surface area contributed by atoms with Gasteiger partial charge in [0.2, 0.25) is 0 Å². The predicted octanol–water partition coefficient (Wildman–Crippen LogP) is 4.59. The van der Waals surface area contributed by atoms with E-state index in [0.717, 1.165) is 12.8 Å². The first-order valence-electron chi connectivity index (χ1n) is 6.92. The minimum Gasteiger partial charge on any atom is -0.454 e. The van der Waals surface area contributed by atoms with Gasteiger partial charge >= 0.3 is 0 Å². The number of hydrogen-bond donors (Lipinski definition) is 1. The smallest absolute Gasteiger partial charge is 0.167 e. The van der Waals surface area contributed by atoms with Gasteiger partial charge in [0.25, 0.3) is 0 Å². The number of hydrogen-bond acceptors (Lipinski definition) is 2. The van der Waals surface area contributed by atoms with E-state index in [-0.39, 0.29) is 11.8 Å². The van der Waals surface area contributed by atoms with Crippen LogP contribution in [0.1, 0.15) is 37.4 Å².